The van der Waals surface area contributed by atoms with Gasteiger partial charge in [-0.3, -0.25) is 4.90 Å². The zero-order valence-electron chi connectivity index (χ0n) is 11.6. The van der Waals surface area contributed by atoms with E-state index in [0.717, 1.165) is 43.8 Å². The maximum Gasteiger partial charge on any atom is 0.416 e. The minimum atomic E-state index is -4.25. The van der Waals surface area contributed by atoms with E-state index in [1.54, 1.807) is 12.1 Å². The number of hydrogen-bond donors (Lipinski definition) is 1. The second kappa shape index (κ2) is 6.15. The Morgan fingerprint density at radius 1 is 1.10 bits per heavy atom. The second-order valence-electron chi connectivity index (χ2n) is 6.05. The van der Waals surface area contributed by atoms with Crippen molar-refractivity contribution in [1.82, 2.24) is 4.90 Å². The number of alkyl halides is 3. The lowest BCUT2D eigenvalue weighted by atomic mass is 9.98. The zero-order valence-corrected chi connectivity index (χ0v) is 12.5. The zero-order chi connectivity index (χ0) is 14.3. The minimum absolute atomic E-state index is 0. The molecule has 1 aromatic rings. The molecule has 118 valence electrons. The van der Waals surface area contributed by atoms with E-state index in [0.29, 0.717) is 17.9 Å². The first kappa shape index (κ1) is 16.6. The molecule has 1 saturated heterocycles. The fourth-order valence-corrected chi connectivity index (χ4v) is 3.59. The standard InChI is InChI=1S/C15H19F3N2.ClH/c16-15(17,18)12-4-1-10(2-5-12)7-20-8-11-3-6-14(19)13(11)9-20;/h1-2,4-5,11,13-14H,3,6-9,19H2;1H. The highest BCUT2D eigenvalue weighted by molar-refractivity contribution is 5.85. The summed E-state index contributed by atoms with van der Waals surface area (Å²) in [4.78, 5) is 2.32. The fourth-order valence-electron chi connectivity index (χ4n) is 3.59. The third-order valence-corrected chi connectivity index (χ3v) is 4.68. The van der Waals surface area contributed by atoms with E-state index in [-0.39, 0.29) is 12.4 Å². The minimum Gasteiger partial charge on any atom is -0.327 e. The molecule has 1 aliphatic heterocycles. The number of likely N-dealkylation sites (tertiary alicyclic amines) is 1. The Morgan fingerprint density at radius 2 is 1.76 bits per heavy atom. The van der Waals surface area contributed by atoms with E-state index >= 15 is 0 Å². The lowest BCUT2D eigenvalue weighted by Gasteiger charge is -2.18. The van der Waals surface area contributed by atoms with Crippen LogP contribution < -0.4 is 5.73 Å². The highest BCUT2D eigenvalue weighted by Gasteiger charge is 2.40. The molecule has 0 bridgehead atoms. The molecule has 1 saturated carbocycles. The van der Waals surface area contributed by atoms with Gasteiger partial charge in [-0.1, -0.05) is 12.1 Å². The van der Waals surface area contributed by atoms with Gasteiger partial charge in [0.05, 0.1) is 5.56 Å². The maximum absolute atomic E-state index is 12.5. The number of nitrogens with two attached hydrogens (primary N) is 1. The molecule has 0 aromatic heterocycles. The van der Waals surface area contributed by atoms with Crippen LogP contribution in [0.2, 0.25) is 0 Å². The number of nitrogens with zero attached hydrogens (tertiary/aromatic N) is 1. The monoisotopic (exact) mass is 320 g/mol. The van der Waals surface area contributed by atoms with Crippen molar-refractivity contribution in [2.75, 3.05) is 13.1 Å². The van der Waals surface area contributed by atoms with Crippen LogP contribution in [-0.2, 0) is 12.7 Å². The topological polar surface area (TPSA) is 29.3 Å². The van der Waals surface area contributed by atoms with Gasteiger partial charge in [-0.05, 0) is 42.4 Å². The number of fused-ring (bicyclic) bond motifs is 1. The summed E-state index contributed by atoms with van der Waals surface area (Å²) >= 11 is 0. The van der Waals surface area contributed by atoms with Gasteiger partial charge in [-0.15, -0.1) is 12.4 Å². The van der Waals surface area contributed by atoms with Crippen molar-refractivity contribution >= 4 is 12.4 Å². The van der Waals surface area contributed by atoms with Gasteiger partial charge in [-0.25, -0.2) is 0 Å². The van der Waals surface area contributed by atoms with Crippen molar-refractivity contribution in [3.8, 4) is 0 Å². The number of hydrogen-bond acceptors (Lipinski definition) is 2. The summed E-state index contributed by atoms with van der Waals surface area (Å²) in [5.74, 6) is 1.25. The van der Waals surface area contributed by atoms with Gasteiger partial charge in [-0.2, -0.15) is 13.2 Å². The van der Waals surface area contributed by atoms with E-state index in [9.17, 15) is 13.2 Å². The van der Waals surface area contributed by atoms with Crippen molar-refractivity contribution in [2.45, 2.75) is 31.6 Å². The largest absolute Gasteiger partial charge is 0.416 e. The smallest absolute Gasteiger partial charge is 0.327 e. The van der Waals surface area contributed by atoms with Gasteiger partial charge >= 0.3 is 6.18 Å². The SMILES string of the molecule is Cl.NC1CCC2CN(Cc3ccc(C(F)(F)F)cc3)CC12. The molecule has 2 nitrogen and oxygen atoms in total. The van der Waals surface area contributed by atoms with Gasteiger partial charge in [0.25, 0.3) is 0 Å². The predicted octanol–water partition coefficient (Wildman–Crippen LogP) is 3.30. The van der Waals surface area contributed by atoms with Crippen LogP contribution in [0.15, 0.2) is 24.3 Å². The summed E-state index contributed by atoms with van der Waals surface area (Å²) in [7, 11) is 0. The summed E-state index contributed by atoms with van der Waals surface area (Å²) in [5, 5.41) is 0. The molecule has 2 aliphatic rings. The lowest BCUT2D eigenvalue weighted by Crippen LogP contribution is -2.30. The molecule has 3 rings (SSSR count). The quantitative estimate of drug-likeness (QED) is 0.906. The van der Waals surface area contributed by atoms with E-state index in [1.807, 2.05) is 0 Å². The first-order valence-corrected chi connectivity index (χ1v) is 7.07. The van der Waals surface area contributed by atoms with E-state index in [1.165, 1.54) is 6.42 Å². The van der Waals surface area contributed by atoms with Crippen LogP contribution in [0.25, 0.3) is 0 Å². The van der Waals surface area contributed by atoms with Gasteiger partial charge in [0, 0.05) is 25.7 Å². The molecule has 6 heteroatoms. The number of rotatable bonds is 2. The van der Waals surface area contributed by atoms with Crippen LogP contribution in [0.3, 0.4) is 0 Å². The highest BCUT2D eigenvalue weighted by atomic mass is 35.5. The Bertz CT molecular complexity index is 475. The van der Waals surface area contributed by atoms with Crippen molar-refractivity contribution in [1.29, 1.82) is 0 Å². The first-order chi connectivity index (χ1) is 9.43. The third kappa shape index (κ3) is 3.52. The number of halogens is 4. The Labute approximate surface area is 128 Å². The van der Waals surface area contributed by atoms with Crippen molar-refractivity contribution in [3.63, 3.8) is 0 Å². The molecule has 0 radical (unpaired) electrons. The third-order valence-electron chi connectivity index (χ3n) is 4.68. The van der Waals surface area contributed by atoms with Crippen molar-refractivity contribution in [3.05, 3.63) is 35.4 Å². The molecule has 2 N–H and O–H groups in total. The predicted molar refractivity (Wildman–Crippen MR) is 78.2 cm³/mol. The van der Waals surface area contributed by atoms with Gasteiger partial charge in [0.2, 0.25) is 0 Å². The van der Waals surface area contributed by atoms with Crippen LogP contribution in [0.4, 0.5) is 13.2 Å². The Morgan fingerprint density at radius 3 is 2.33 bits per heavy atom. The molecule has 21 heavy (non-hydrogen) atoms. The highest BCUT2D eigenvalue weighted by Crippen LogP contribution is 2.37. The second-order valence-corrected chi connectivity index (χ2v) is 6.05. The Hall–Kier alpha value is -0.780. The van der Waals surface area contributed by atoms with Crippen LogP contribution in [0.1, 0.15) is 24.0 Å². The van der Waals surface area contributed by atoms with Gasteiger partial charge < -0.3 is 5.73 Å². The molecule has 2 fully saturated rings. The van der Waals surface area contributed by atoms with Gasteiger partial charge in [0.15, 0.2) is 0 Å². The number of benzene rings is 1. The molecule has 1 aliphatic carbocycles. The molecule has 3 unspecified atom stereocenters. The van der Waals surface area contributed by atoms with Crippen LogP contribution in [0.5, 0.6) is 0 Å². The molecule has 0 spiro atoms. The molecular formula is C15H20ClF3N2. The summed E-state index contributed by atoms with van der Waals surface area (Å²) in [6.07, 6.45) is -1.95. The van der Waals surface area contributed by atoms with Crippen molar-refractivity contribution < 1.29 is 13.2 Å². The van der Waals surface area contributed by atoms with Crippen LogP contribution in [-0.4, -0.2) is 24.0 Å². The van der Waals surface area contributed by atoms with Crippen LogP contribution in [0, 0.1) is 11.8 Å². The average Bonchev–Trinajstić information content (AvgIpc) is 2.92. The lowest BCUT2D eigenvalue weighted by molar-refractivity contribution is -0.137. The van der Waals surface area contributed by atoms with E-state index in [4.69, 9.17) is 5.73 Å². The molecular weight excluding hydrogens is 301 g/mol. The molecule has 3 atom stereocenters. The van der Waals surface area contributed by atoms with E-state index in [2.05, 4.69) is 4.90 Å². The summed E-state index contributed by atoms with van der Waals surface area (Å²) in [6.45, 7) is 2.73. The fraction of sp³-hybridized carbons (Fsp3) is 0.600. The maximum atomic E-state index is 12.5. The van der Waals surface area contributed by atoms with E-state index < -0.39 is 11.7 Å². The van der Waals surface area contributed by atoms with Gasteiger partial charge in [0.1, 0.15) is 0 Å². The van der Waals surface area contributed by atoms with Crippen molar-refractivity contribution in [2.24, 2.45) is 17.6 Å². The Kier molecular flexibility index (Phi) is 4.85. The summed E-state index contributed by atoms with van der Waals surface area (Å²) in [5.41, 5.74) is 6.45. The normalized spacial score (nSPS) is 29.2. The summed E-state index contributed by atoms with van der Waals surface area (Å²) in [6, 6.07) is 5.79. The summed E-state index contributed by atoms with van der Waals surface area (Å²) < 4.78 is 37.5. The Balaban J connectivity index is 0.00000161. The van der Waals surface area contributed by atoms with Crippen LogP contribution >= 0.6 is 12.4 Å². The first-order valence-electron chi connectivity index (χ1n) is 7.07. The molecule has 1 heterocycles. The average molecular weight is 321 g/mol. The molecule has 0 amide bonds. The molecule has 1 aromatic carbocycles.